The van der Waals surface area contributed by atoms with E-state index in [1.165, 1.54) is 24.4 Å². The summed E-state index contributed by atoms with van der Waals surface area (Å²) in [6.45, 7) is 6.00. The van der Waals surface area contributed by atoms with Crippen LogP contribution in [0.4, 0.5) is 19.0 Å². The third-order valence-corrected chi connectivity index (χ3v) is 10.1. The lowest BCUT2D eigenvalue weighted by molar-refractivity contribution is 0.0221. The van der Waals surface area contributed by atoms with Crippen molar-refractivity contribution in [2.45, 2.75) is 76.1 Å². The molecule has 0 bridgehead atoms. The molecule has 0 spiro atoms. The summed E-state index contributed by atoms with van der Waals surface area (Å²) in [7, 11) is 0. The molecule has 3 aliphatic heterocycles. The number of aryl methyl sites for hydroxylation is 1. The number of hydrogen-bond acceptors (Lipinski definition) is 8. The van der Waals surface area contributed by atoms with E-state index in [-0.39, 0.29) is 35.1 Å². The van der Waals surface area contributed by atoms with Gasteiger partial charge in [-0.2, -0.15) is 9.97 Å². The van der Waals surface area contributed by atoms with E-state index in [0.29, 0.717) is 72.9 Å². The summed E-state index contributed by atoms with van der Waals surface area (Å²) in [6, 6.07) is 5.77. The monoisotopic (exact) mass is 621 g/mol. The SMILES string of the molecule is CCc1c(F)ccc2cc(O)cc(-c3ncc4c(N5CCCC(O)(CC)C5)nc(OC[C@@]56CCCN5C[C@H](F)C6)nc4c3F)c12. The Bertz CT molecular complexity index is 1790. The second-order valence-corrected chi connectivity index (χ2v) is 13.0. The molecule has 2 N–H and O–H groups in total. The Kier molecular flexibility index (Phi) is 7.51. The predicted molar refractivity (Wildman–Crippen MR) is 166 cm³/mol. The number of β-amino-alcohol motifs (C(OH)–C–C–N with tert-alkyl or cyclic N) is 1. The van der Waals surface area contributed by atoms with Gasteiger partial charge in [0.1, 0.15) is 41.4 Å². The van der Waals surface area contributed by atoms with Crippen LogP contribution in [0.5, 0.6) is 11.8 Å². The second-order valence-electron chi connectivity index (χ2n) is 13.0. The molecule has 0 radical (unpaired) electrons. The predicted octanol–water partition coefficient (Wildman–Crippen LogP) is 6.09. The minimum Gasteiger partial charge on any atom is -0.508 e. The lowest BCUT2D eigenvalue weighted by Crippen LogP contribution is -2.48. The number of fused-ring (bicyclic) bond motifs is 3. The number of hydrogen-bond donors (Lipinski definition) is 2. The Balaban J connectivity index is 1.38. The highest BCUT2D eigenvalue weighted by Crippen LogP contribution is 2.42. The van der Waals surface area contributed by atoms with Gasteiger partial charge in [-0.1, -0.05) is 19.9 Å². The molecule has 2 aromatic carbocycles. The molecule has 0 amide bonds. The summed E-state index contributed by atoms with van der Waals surface area (Å²) in [5.74, 6) is -0.881. The fraction of sp³-hybridized carbons (Fsp3) is 0.500. The fourth-order valence-electron chi connectivity index (χ4n) is 7.78. The van der Waals surface area contributed by atoms with E-state index in [1.807, 2.05) is 18.7 Å². The summed E-state index contributed by atoms with van der Waals surface area (Å²) in [6.07, 6.45) is 4.95. The molecule has 3 atom stereocenters. The van der Waals surface area contributed by atoms with Crippen LogP contribution in [0, 0.1) is 11.6 Å². The highest BCUT2D eigenvalue weighted by Gasteiger charge is 2.49. The van der Waals surface area contributed by atoms with Crippen molar-refractivity contribution in [2.75, 3.05) is 37.7 Å². The van der Waals surface area contributed by atoms with E-state index in [0.717, 1.165) is 25.8 Å². The number of benzene rings is 2. The van der Waals surface area contributed by atoms with Gasteiger partial charge in [0, 0.05) is 37.8 Å². The number of rotatable bonds is 7. The normalized spacial score (nSPS) is 25.4. The number of aromatic hydroxyl groups is 1. The molecule has 3 fully saturated rings. The molecule has 0 aliphatic carbocycles. The first kappa shape index (κ1) is 30.0. The smallest absolute Gasteiger partial charge is 0.319 e. The Morgan fingerprint density at radius 1 is 1.09 bits per heavy atom. The molecule has 3 saturated heterocycles. The number of pyridine rings is 1. The van der Waals surface area contributed by atoms with E-state index < -0.39 is 28.9 Å². The summed E-state index contributed by atoms with van der Waals surface area (Å²) >= 11 is 0. The van der Waals surface area contributed by atoms with Gasteiger partial charge in [-0.05, 0) is 79.6 Å². The molecule has 0 saturated carbocycles. The molecular formula is C34H38F3N5O3. The van der Waals surface area contributed by atoms with Crippen molar-refractivity contribution >= 4 is 27.5 Å². The van der Waals surface area contributed by atoms with Crippen molar-refractivity contribution in [1.29, 1.82) is 0 Å². The molecule has 45 heavy (non-hydrogen) atoms. The van der Waals surface area contributed by atoms with Crippen LogP contribution in [-0.2, 0) is 6.42 Å². The number of aromatic nitrogens is 3. The summed E-state index contributed by atoms with van der Waals surface area (Å²) < 4.78 is 52.4. The van der Waals surface area contributed by atoms with Crippen LogP contribution in [0.1, 0.15) is 57.9 Å². The average molecular weight is 622 g/mol. The molecule has 5 heterocycles. The van der Waals surface area contributed by atoms with Gasteiger partial charge >= 0.3 is 6.01 Å². The van der Waals surface area contributed by atoms with Crippen LogP contribution >= 0.6 is 0 Å². The lowest BCUT2D eigenvalue weighted by atomic mass is 9.90. The third kappa shape index (κ3) is 5.13. The van der Waals surface area contributed by atoms with Gasteiger partial charge in [0.25, 0.3) is 0 Å². The van der Waals surface area contributed by atoms with Crippen LogP contribution < -0.4 is 9.64 Å². The number of piperidine rings is 1. The largest absolute Gasteiger partial charge is 0.508 e. The van der Waals surface area contributed by atoms with Crippen molar-refractivity contribution < 1.29 is 28.1 Å². The minimum atomic E-state index is -0.928. The first-order valence-corrected chi connectivity index (χ1v) is 15.9. The van der Waals surface area contributed by atoms with Gasteiger partial charge in [-0.15, -0.1) is 0 Å². The fourth-order valence-corrected chi connectivity index (χ4v) is 7.78. The maximum Gasteiger partial charge on any atom is 0.319 e. The van der Waals surface area contributed by atoms with Crippen molar-refractivity contribution in [1.82, 2.24) is 19.9 Å². The van der Waals surface area contributed by atoms with Crippen molar-refractivity contribution in [3.05, 3.63) is 47.7 Å². The van der Waals surface area contributed by atoms with Crippen LogP contribution in [0.15, 0.2) is 30.5 Å². The summed E-state index contributed by atoms with van der Waals surface area (Å²) in [5, 5.41) is 23.1. The van der Waals surface area contributed by atoms with Crippen molar-refractivity contribution in [3.8, 4) is 23.0 Å². The Hall–Kier alpha value is -3.70. The van der Waals surface area contributed by atoms with Crippen molar-refractivity contribution in [2.24, 2.45) is 0 Å². The van der Waals surface area contributed by atoms with Crippen molar-refractivity contribution in [3.63, 3.8) is 0 Å². The van der Waals surface area contributed by atoms with Crippen LogP contribution in [0.2, 0.25) is 0 Å². The minimum absolute atomic E-state index is 0.0351. The summed E-state index contributed by atoms with van der Waals surface area (Å²) in [4.78, 5) is 17.8. The zero-order chi connectivity index (χ0) is 31.5. The molecule has 11 heteroatoms. The number of phenols is 1. The van der Waals surface area contributed by atoms with Gasteiger partial charge in [-0.25, -0.2) is 13.2 Å². The highest BCUT2D eigenvalue weighted by molar-refractivity contribution is 6.01. The van der Waals surface area contributed by atoms with Gasteiger partial charge < -0.3 is 19.8 Å². The van der Waals surface area contributed by atoms with Gasteiger partial charge in [-0.3, -0.25) is 9.88 Å². The van der Waals surface area contributed by atoms with Crippen LogP contribution in [0.25, 0.3) is 32.9 Å². The number of halogens is 3. The van der Waals surface area contributed by atoms with Gasteiger partial charge in [0.2, 0.25) is 0 Å². The zero-order valence-electron chi connectivity index (χ0n) is 25.6. The number of nitrogens with zero attached hydrogens (tertiary/aromatic N) is 5. The van der Waals surface area contributed by atoms with Gasteiger partial charge in [0.15, 0.2) is 5.82 Å². The van der Waals surface area contributed by atoms with E-state index in [1.54, 1.807) is 6.07 Å². The first-order chi connectivity index (χ1) is 21.6. The molecule has 2 aromatic heterocycles. The second kappa shape index (κ2) is 11.3. The summed E-state index contributed by atoms with van der Waals surface area (Å²) in [5.41, 5.74) is -0.845. The van der Waals surface area contributed by atoms with E-state index >= 15 is 4.39 Å². The molecule has 8 nitrogen and oxygen atoms in total. The van der Waals surface area contributed by atoms with E-state index in [4.69, 9.17) is 9.72 Å². The Labute approximate surface area is 259 Å². The average Bonchev–Trinajstić information content (AvgIpc) is 3.55. The number of anilines is 1. The topological polar surface area (TPSA) is 94.8 Å². The van der Waals surface area contributed by atoms with E-state index in [2.05, 4.69) is 14.9 Å². The molecule has 238 valence electrons. The number of alkyl halides is 1. The molecule has 1 unspecified atom stereocenters. The number of phenolic OH excluding ortho intramolecular Hbond substituents is 1. The lowest BCUT2D eigenvalue weighted by Gasteiger charge is -2.39. The van der Waals surface area contributed by atoms with E-state index in [9.17, 15) is 19.0 Å². The zero-order valence-corrected chi connectivity index (χ0v) is 25.6. The Morgan fingerprint density at radius 3 is 2.71 bits per heavy atom. The molecule has 3 aliphatic rings. The standard InChI is InChI=1S/C34H38F3N5O3/c1-3-23-26(36)8-7-20-13-22(43)14-24(27(20)23)29-28(37)30-25(16-38-29)31(41-11-6-10-34(44,4-2)18-41)40-32(39-30)45-19-33-9-5-12-42(33)17-21(35)15-33/h7-8,13-14,16,21,43-44H,3-6,9-12,15,17-19H2,1-2H3/t21-,33+,34?/m1/s1. The number of ether oxygens (including phenoxy) is 1. The maximum atomic E-state index is 16.8. The van der Waals surface area contributed by atoms with Gasteiger partial charge in [0.05, 0.1) is 16.5 Å². The first-order valence-electron chi connectivity index (χ1n) is 15.9. The van der Waals surface area contributed by atoms with Crippen LogP contribution in [-0.4, -0.2) is 80.2 Å². The number of aliphatic hydroxyl groups is 1. The third-order valence-electron chi connectivity index (χ3n) is 10.1. The van der Waals surface area contributed by atoms with Crippen LogP contribution in [0.3, 0.4) is 0 Å². The Morgan fingerprint density at radius 2 is 1.91 bits per heavy atom. The molecule has 4 aromatic rings. The molecular weight excluding hydrogens is 583 g/mol. The molecule has 7 rings (SSSR count). The highest BCUT2D eigenvalue weighted by atomic mass is 19.1. The quantitative estimate of drug-likeness (QED) is 0.256. The maximum absolute atomic E-state index is 16.8.